The molecular formula is C16H18N6O2. The second kappa shape index (κ2) is 5.41. The number of hydrogen-bond acceptors (Lipinski definition) is 6. The summed E-state index contributed by atoms with van der Waals surface area (Å²) < 4.78 is 1.67. The third-order valence-corrected chi connectivity index (χ3v) is 4.65. The number of H-pyrrole nitrogens is 1. The van der Waals surface area contributed by atoms with Crippen LogP contribution in [0.4, 0.5) is 5.95 Å². The smallest absolute Gasteiger partial charge is 0.260 e. The van der Waals surface area contributed by atoms with E-state index in [1.54, 1.807) is 23.0 Å². The molecule has 1 fully saturated rings. The van der Waals surface area contributed by atoms with Crippen LogP contribution in [0.1, 0.15) is 31.0 Å². The highest BCUT2D eigenvalue weighted by Crippen LogP contribution is 2.32. The predicted molar refractivity (Wildman–Crippen MR) is 89.4 cm³/mol. The summed E-state index contributed by atoms with van der Waals surface area (Å²) in [7, 11) is 0. The van der Waals surface area contributed by atoms with Crippen LogP contribution in [0, 0.1) is 6.92 Å². The fourth-order valence-electron chi connectivity index (χ4n) is 3.49. The summed E-state index contributed by atoms with van der Waals surface area (Å²) in [5.41, 5.74) is 8.14. The van der Waals surface area contributed by atoms with Crippen LogP contribution in [-0.2, 0) is 0 Å². The first-order valence-electron chi connectivity index (χ1n) is 7.91. The highest BCUT2D eigenvalue weighted by Gasteiger charge is 2.28. The zero-order valence-corrected chi connectivity index (χ0v) is 13.2. The molecule has 0 radical (unpaired) electrons. The fraction of sp³-hybridized carbons (Fsp3) is 0.375. The number of aromatic nitrogens is 5. The van der Waals surface area contributed by atoms with Gasteiger partial charge in [-0.2, -0.15) is 10.1 Å². The Morgan fingerprint density at radius 1 is 1.38 bits per heavy atom. The maximum atomic E-state index is 13.1. The highest BCUT2D eigenvalue weighted by atomic mass is 16.3. The lowest BCUT2D eigenvalue weighted by atomic mass is 10.1. The Morgan fingerprint density at radius 2 is 2.21 bits per heavy atom. The van der Waals surface area contributed by atoms with E-state index in [1.165, 1.54) is 0 Å². The Hall–Kier alpha value is -2.74. The third kappa shape index (κ3) is 2.26. The lowest BCUT2D eigenvalue weighted by Gasteiger charge is -2.18. The van der Waals surface area contributed by atoms with Crippen molar-refractivity contribution < 1.29 is 5.11 Å². The normalized spacial score (nSPS) is 20.8. The molecule has 0 aromatic carbocycles. The molecule has 0 spiro atoms. The number of aromatic amines is 1. The number of aryl methyl sites for hydroxylation is 1. The number of nitrogens with one attached hydrogen (secondary N) is 1. The monoisotopic (exact) mass is 326 g/mol. The number of pyridine rings is 1. The van der Waals surface area contributed by atoms with Crippen LogP contribution >= 0.6 is 0 Å². The van der Waals surface area contributed by atoms with Crippen molar-refractivity contribution in [2.45, 2.75) is 38.3 Å². The second-order valence-corrected chi connectivity index (χ2v) is 6.25. The standard InChI is InChI=1S/C16H18N6O2/c1-8-12-5-13(9-6-18-19-7-9)15(24)22(10-2-3-11(23)4-10)14(12)21-16(17)20-8/h5-7,10-11,23H,2-4H2,1H3,(H,18,19)(H2,17,20,21). The maximum absolute atomic E-state index is 13.1. The molecule has 8 heteroatoms. The van der Waals surface area contributed by atoms with Gasteiger partial charge >= 0.3 is 0 Å². The van der Waals surface area contributed by atoms with E-state index in [9.17, 15) is 9.90 Å². The molecule has 0 amide bonds. The van der Waals surface area contributed by atoms with Gasteiger partial charge in [0.15, 0.2) is 0 Å². The van der Waals surface area contributed by atoms with Gasteiger partial charge in [0.1, 0.15) is 5.65 Å². The van der Waals surface area contributed by atoms with Crippen molar-refractivity contribution in [1.29, 1.82) is 0 Å². The van der Waals surface area contributed by atoms with Gasteiger partial charge in [-0.15, -0.1) is 0 Å². The van der Waals surface area contributed by atoms with Crippen LogP contribution in [-0.4, -0.2) is 35.9 Å². The summed E-state index contributed by atoms with van der Waals surface area (Å²) in [4.78, 5) is 21.7. The zero-order chi connectivity index (χ0) is 16.8. The first-order chi connectivity index (χ1) is 11.5. The van der Waals surface area contributed by atoms with E-state index in [0.717, 1.165) is 17.5 Å². The van der Waals surface area contributed by atoms with Gasteiger partial charge in [0.25, 0.3) is 5.56 Å². The molecule has 0 bridgehead atoms. The minimum atomic E-state index is -0.394. The molecule has 4 N–H and O–H groups in total. The molecule has 3 aromatic heterocycles. The molecule has 0 saturated heterocycles. The van der Waals surface area contributed by atoms with Crippen molar-refractivity contribution in [2.24, 2.45) is 0 Å². The molecule has 124 valence electrons. The van der Waals surface area contributed by atoms with Gasteiger partial charge < -0.3 is 10.8 Å². The van der Waals surface area contributed by atoms with E-state index < -0.39 is 6.10 Å². The van der Waals surface area contributed by atoms with E-state index in [1.807, 2.05) is 6.92 Å². The van der Waals surface area contributed by atoms with Gasteiger partial charge in [0.2, 0.25) is 5.95 Å². The fourth-order valence-corrected chi connectivity index (χ4v) is 3.49. The lowest BCUT2D eigenvalue weighted by Crippen LogP contribution is -2.27. The molecule has 1 aliphatic rings. The molecule has 8 nitrogen and oxygen atoms in total. The predicted octanol–water partition coefficient (Wildman–Crippen LogP) is 1.16. The molecule has 2 unspecified atom stereocenters. The lowest BCUT2D eigenvalue weighted by molar-refractivity contribution is 0.178. The minimum absolute atomic E-state index is 0.101. The van der Waals surface area contributed by atoms with Crippen LogP contribution in [0.5, 0.6) is 0 Å². The van der Waals surface area contributed by atoms with Crippen LogP contribution in [0.2, 0.25) is 0 Å². The molecule has 0 aliphatic heterocycles. The number of aliphatic hydroxyl groups is 1. The summed E-state index contributed by atoms with van der Waals surface area (Å²) in [5.74, 6) is 0.141. The molecule has 1 saturated carbocycles. The molecule has 24 heavy (non-hydrogen) atoms. The number of hydrogen-bond donors (Lipinski definition) is 3. The van der Waals surface area contributed by atoms with Crippen molar-refractivity contribution in [3.05, 3.63) is 34.5 Å². The first-order valence-corrected chi connectivity index (χ1v) is 7.91. The molecule has 4 rings (SSSR count). The van der Waals surface area contributed by atoms with Gasteiger partial charge in [-0.1, -0.05) is 0 Å². The van der Waals surface area contributed by atoms with E-state index in [4.69, 9.17) is 5.73 Å². The number of nitrogens with two attached hydrogens (primary N) is 1. The Balaban J connectivity index is 2.06. The number of fused-ring (bicyclic) bond motifs is 1. The van der Waals surface area contributed by atoms with E-state index >= 15 is 0 Å². The van der Waals surface area contributed by atoms with Crippen molar-refractivity contribution in [1.82, 2.24) is 24.7 Å². The van der Waals surface area contributed by atoms with E-state index in [2.05, 4.69) is 20.2 Å². The first kappa shape index (κ1) is 14.8. The van der Waals surface area contributed by atoms with Crippen LogP contribution in [0.3, 0.4) is 0 Å². The van der Waals surface area contributed by atoms with Crippen molar-refractivity contribution in [3.8, 4) is 11.1 Å². The summed E-state index contributed by atoms with van der Waals surface area (Å²) in [5, 5.41) is 17.3. The quantitative estimate of drug-likeness (QED) is 0.649. The van der Waals surface area contributed by atoms with Gasteiger partial charge in [0.05, 0.1) is 23.6 Å². The molecule has 2 atom stereocenters. The number of anilines is 1. The Kier molecular flexibility index (Phi) is 3.34. The summed E-state index contributed by atoms with van der Waals surface area (Å²) in [6, 6.07) is 1.69. The largest absolute Gasteiger partial charge is 0.393 e. The highest BCUT2D eigenvalue weighted by molar-refractivity contribution is 5.83. The summed E-state index contributed by atoms with van der Waals surface area (Å²) in [6.45, 7) is 1.85. The second-order valence-electron chi connectivity index (χ2n) is 6.25. The van der Waals surface area contributed by atoms with Crippen LogP contribution in [0.25, 0.3) is 22.2 Å². The van der Waals surface area contributed by atoms with Crippen molar-refractivity contribution in [2.75, 3.05) is 5.73 Å². The molecule has 3 heterocycles. The number of aliphatic hydroxyl groups excluding tert-OH is 1. The summed E-state index contributed by atoms with van der Waals surface area (Å²) >= 11 is 0. The van der Waals surface area contributed by atoms with E-state index in [0.29, 0.717) is 29.6 Å². The van der Waals surface area contributed by atoms with Gasteiger partial charge in [-0.25, -0.2) is 4.98 Å². The average Bonchev–Trinajstić information content (AvgIpc) is 3.18. The van der Waals surface area contributed by atoms with E-state index in [-0.39, 0.29) is 17.5 Å². The SMILES string of the molecule is Cc1nc(N)nc2c1cc(-c1cn[nH]c1)c(=O)n2C1CCC(O)C1. The van der Waals surface area contributed by atoms with Crippen molar-refractivity contribution in [3.63, 3.8) is 0 Å². The molecule has 1 aliphatic carbocycles. The van der Waals surface area contributed by atoms with Crippen molar-refractivity contribution >= 4 is 17.0 Å². The zero-order valence-electron chi connectivity index (χ0n) is 13.2. The summed E-state index contributed by atoms with van der Waals surface area (Å²) in [6.07, 6.45) is 4.85. The Bertz CT molecular complexity index is 963. The van der Waals surface area contributed by atoms with Gasteiger partial charge in [0, 0.05) is 23.2 Å². The van der Waals surface area contributed by atoms with Crippen LogP contribution < -0.4 is 11.3 Å². The van der Waals surface area contributed by atoms with Gasteiger partial charge in [-0.05, 0) is 32.3 Å². The topological polar surface area (TPSA) is 123 Å². The minimum Gasteiger partial charge on any atom is -0.393 e. The van der Waals surface area contributed by atoms with Crippen LogP contribution in [0.15, 0.2) is 23.3 Å². The van der Waals surface area contributed by atoms with Gasteiger partial charge in [-0.3, -0.25) is 14.5 Å². The maximum Gasteiger partial charge on any atom is 0.260 e. The average molecular weight is 326 g/mol. The molecule has 3 aromatic rings. The number of rotatable bonds is 2. The Labute approximate surface area is 137 Å². The molecular weight excluding hydrogens is 308 g/mol. The Morgan fingerprint density at radius 3 is 2.88 bits per heavy atom. The number of nitrogen functional groups attached to an aromatic ring is 1. The third-order valence-electron chi connectivity index (χ3n) is 4.65. The number of nitrogens with zero attached hydrogens (tertiary/aromatic N) is 4.